The highest BCUT2D eigenvalue weighted by Gasteiger charge is 2.33. The van der Waals surface area contributed by atoms with Crippen LogP contribution in [-0.2, 0) is 24.4 Å². The molecule has 188 valence electrons. The summed E-state index contributed by atoms with van der Waals surface area (Å²) >= 11 is 6.74. The van der Waals surface area contributed by atoms with Gasteiger partial charge < -0.3 is 10.1 Å². The summed E-state index contributed by atoms with van der Waals surface area (Å²) in [5.74, 6) is 1.10. The Labute approximate surface area is 225 Å². The van der Waals surface area contributed by atoms with Crippen LogP contribution in [0.4, 0.5) is 5.82 Å². The predicted molar refractivity (Wildman–Crippen MR) is 151 cm³/mol. The fourth-order valence-corrected chi connectivity index (χ4v) is 5.35. The molecule has 9 heteroatoms. The van der Waals surface area contributed by atoms with Crippen LogP contribution in [0.15, 0.2) is 64.3 Å². The van der Waals surface area contributed by atoms with Gasteiger partial charge in [-0.25, -0.2) is 0 Å². The van der Waals surface area contributed by atoms with Gasteiger partial charge in [-0.2, -0.15) is 5.26 Å². The topological polar surface area (TPSA) is 87.4 Å². The Kier molecular flexibility index (Phi) is 8.11. The van der Waals surface area contributed by atoms with E-state index in [2.05, 4.69) is 5.32 Å². The van der Waals surface area contributed by atoms with E-state index in [1.54, 1.807) is 25.0 Å². The number of ether oxygens (including phenoxy) is 1. The Morgan fingerprint density at radius 2 is 1.81 bits per heavy atom. The van der Waals surface area contributed by atoms with Crippen LogP contribution in [0.2, 0.25) is 0 Å². The molecule has 3 aromatic rings. The first kappa shape index (κ1) is 26.2. The number of rotatable bonds is 8. The lowest BCUT2D eigenvalue weighted by Gasteiger charge is -2.19. The van der Waals surface area contributed by atoms with Gasteiger partial charge in [0.05, 0.1) is 18.6 Å². The second kappa shape index (κ2) is 11.5. The molecule has 7 nitrogen and oxygen atoms in total. The molecule has 1 fully saturated rings. The maximum absolute atomic E-state index is 13.3. The monoisotopic (exact) mass is 530 g/mol. The highest BCUT2D eigenvalue weighted by atomic mass is 32.2. The maximum atomic E-state index is 13.3. The van der Waals surface area contributed by atoms with E-state index in [1.165, 1.54) is 16.3 Å². The van der Waals surface area contributed by atoms with Crippen molar-refractivity contribution in [2.45, 2.75) is 33.5 Å². The molecule has 0 aliphatic carbocycles. The average Bonchev–Trinajstić information content (AvgIpc) is 3.17. The summed E-state index contributed by atoms with van der Waals surface area (Å²) in [6, 6.07) is 19.3. The Morgan fingerprint density at radius 3 is 2.43 bits per heavy atom. The quantitative estimate of drug-likeness (QED) is 0.321. The molecule has 2 aromatic carbocycles. The summed E-state index contributed by atoms with van der Waals surface area (Å²) in [6.07, 6.45) is 1.74. The number of carbonyl (C=O) groups is 1. The van der Waals surface area contributed by atoms with Crippen LogP contribution in [0.25, 0.3) is 6.08 Å². The van der Waals surface area contributed by atoms with Gasteiger partial charge >= 0.3 is 0 Å². The van der Waals surface area contributed by atoms with Gasteiger partial charge in [0.15, 0.2) is 0 Å². The minimum atomic E-state index is -0.367. The number of hydrogen-bond acceptors (Lipinski definition) is 7. The number of anilines is 1. The van der Waals surface area contributed by atoms with Gasteiger partial charge in [0.1, 0.15) is 27.5 Å². The number of hydrogen-bond donors (Lipinski definition) is 1. The normalized spacial score (nSPS) is 14.2. The van der Waals surface area contributed by atoms with Gasteiger partial charge in [0.2, 0.25) is 0 Å². The zero-order valence-electron chi connectivity index (χ0n) is 20.8. The molecular weight excluding hydrogens is 504 g/mol. The second-order valence-electron chi connectivity index (χ2n) is 8.38. The van der Waals surface area contributed by atoms with E-state index in [4.69, 9.17) is 17.0 Å². The minimum absolute atomic E-state index is 0.0582. The third-order valence-electron chi connectivity index (χ3n) is 6.14. The highest BCUT2D eigenvalue weighted by Crippen LogP contribution is 2.36. The number of thioether (sulfide) groups is 1. The van der Waals surface area contributed by atoms with Crippen LogP contribution in [-0.4, -0.2) is 26.8 Å². The number of nitrogens with one attached hydrogen (secondary N) is 1. The maximum Gasteiger partial charge on any atom is 0.270 e. The van der Waals surface area contributed by atoms with E-state index in [9.17, 15) is 14.9 Å². The molecule has 0 saturated carbocycles. The first-order chi connectivity index (χ1) is 17.9. The molecule has 2 heterocycles. The molecule has 4 rings (SSSR count). The molecule has 0 radical (unpaired) electrons. The van der Waals surface area contributed by atoms with Gasteiger partial charge in [-0.05, 0) is 48.7 Å². The van der Waals surface area contributed by atoms with Crippen LogP contribution >= 0.6 is 24.0 Å². The molecule has 0 atom stereocenters. The summed E-state index contributed by atoms with van der Waals surface area (Å²) in [5, 5.41) is 13.1. The lowest BCUT2D eigenvalue weighted by molar-refractivity contribution is -0.122. The molecule has 0 unspecified atom stereocenters. The Balaban J connectivity index is 1.74. The smallest absolute Gasteiger partial charge is 0.270 e. The minimum Gasteiger partial charge on any atom is -0.497 e. The average molecular weight is 531 g/mol. The highest BCUT2D eigenvalue weighted by molar-refractivity contribution is 8.26. The van der Waals surface area contributed by atoms with Crippen LogP contribution in [0.3, 0.4) is 0 Å². The molecule has 1 aliphatic heterocycles. The number of pyridine rings is 1. The van der Waals surface area contributed by atoms with Gasteiger partial charge in [0, 0.05) is 18.7 Å². The van der Waals surface area contributed by atoms with Crippen molar-refractivity contribution in [1.29, 1.82) is 5.26 Å². The summed E-state index contributed by atoms with van der Waals surface area (Å²) in [7, 11) is 1.61. The molecule has 1 N–H and O–H groups in total. The van der Waals surface area contributed by atoms with E-state index in [0.717, 1.165) is 16.9 Å². The number of nitrogens with zero attached hydrogens (tertiary/aromatic N) is 3. The van der Waals surface area contributed by atoms with Crippen LogP contribution in [0.1, 0.15) is 34.7 Å². The summed E-state index contributed by atoms with van der Waals surface area (Å²) in [6.45, 7) is 4.75. The van der Waals surface area contributed by atoms with E-state index in [0.29, 0.717) is 45.8 Å². The van der Waals surface area contributed by atoms with Gasteiger partial charge in [-0.3, -0.25) is 19.1 Å². The molecule has 1 amide bonds. The van der Waals surface area contributed by atoms with Crippen molar-refractivity contribution in [2.75, 3.05) is 12.4 Å². The van der Waals surface area contributed by atoms with E-state index in [-0.39, 0.29) is 17.0 Å². The van der Waals surface area contributed by atoms with Crippen LogP contribution in [0.5, 0.6) is 5.75 Å². The number of carbonyl (C=O) groups excluding carboxylic acids is 1. The van der Waals surface area contributed by atoms with E-state index >= 15 is 0 Å². The van der Waals surface area contributed by atoms with E-state index < -0.39 is 0 Å². The van der Waals surface area contributed by atoms with Gasteiger partial charge in [0.25, 0.3) is 11.5 Å². The number of nitriles is 1. The van der Waals surface area contributed by atoms with Crippen molar-refractivity contribution in [1.82, 2.24) is 9.47 Å². The van der Waals surface area contributed by atoms with Crippen LogP contribution in [0, 0.1) is 18.3 Å². The summed E-state index contributed by atoms with van der Waals surface area (Å²) < 4.78 is 7.23. The van der Waals surface area contributed by atoms with Crippen molar-refractivity contribution < 1.29 is 9.53 Å². The second-order valence-corrected chi connectivity index (χ2v) is 10.1. The fraction of sp³-hybridized carbons (Fsp3) is 0.214. The molecule has 0 bridgehead atoms. The molecule has 37 heavy (non-hydrogen) atoms. The van der Waals surface area contributed by atoms with Crippen LogP contribution < -0.4 is 15.6 Å². The van der Waals surface area contributed by atoms with Gasteiger partial charge in [-0.1, -0.05) is 66.4 Å². The largest absolute Gasteiger partial charge is 0.497 e. The SMILES string of the molecule is CCn1c(NCc2ccc(OC)cc2)c(/C=C2/SC(=S)N(Cc3ccccc3)C2=O)c(C)c(C#N)c1=O. The molecule has 1 aromatic heterocycles. The van der Waals surface area contributed by atoms with Crippen molar-refractivity contribution in [3.8, 4) is 11.8 Å². The number of aromatic nitrogens is 1. The first-order valence-corrected chi connectivity index (χ1v) is 12.9. The molecule has 1 aliphatic rings. The number of thiocarbonyl (C=S) groups is 1. The number of methoxy groups -OCH3 is 1. The Morgan fingerprint density at radius 1 is 1.11 bits per heavy atom. The van der Waals surface area contributed by atoms with Crippen molar-refractivity contribution >= 4 is 46.1 Å². The van der Waals surface area contributed by atoms with Gasteiger partial charge in [-0.15, -0.1) is 0 Å². The lowest BCUT2D eigenvalue weighted by Crippen LogP contribution is -2.28. The van der Waals surface area contributed by atoms with Crippen molar-refractivity contribution in [3.05, 3.63) is 97.7 Å². The standard InChI is InChI=1S/C28H26N4O3S2/c1-4-31-25(30-16-19-10-12-21(35-3)13-11-19)22(18(2)23(15-29)26(31)33)14-24-27(34)32(28(36)37-24)17-20-8-6-5-7-9-20/h5-14,30H,4,16-17H2,1-3H3/b24-14+. The zero-order chi connectivity index (χ0) is 26.5. The first-order valence-electron chi connectivity index (χ1n) is 11.7. The third kappa shape index (κ3) is 5.45. The summed E-state index contributed by atoms with van der Waals surface area (Å²) in [4.78, 5) is 28.5. The molecule has 1 saturated heterocycles. The number of benzene rings is 2. The lowest BCUT2D eigenvalue weighted by atomic mass is 10.0. The fourth-order valence-electron chi connectivity index (χ4n) is 4.12. The van der Waals surface area contributed by atoms with E-state index in [1.807, 2.05) is 67.6 Å². The molecule has 0 spiro atoms. The van der Waals surface area contributed by atoms with Crippen molar-refractivity contribution in [3.63, 3.8) is 0 Å². The number of amides is 1. The zero-order valence-corrected chi connectivity index (χ0v) is 22.4. The Bertz CT molecular complexity index is 1470. The summed E-state index contributed by atoms with van der Waals surface area (Å²) in [5.41, 5.74) is 2.79. The Hall–Kier alpha value is -3.87. The molecular formula is C28H26N4O3S2. The third-order valence-corrected chi connectivity index (χ3v) is 7.52. The van der Waals surface area contributed by atoms with Crippen molar-refractivity contribution in [2.24, 2.45) is 0 Å². The predicted octanol–water partition coefficient (Wildman–Crippen LogP) is 5.07.